The Hall–Kier alpha value is -7.40. The zero-order valence-electron chi connectivity index (χ0n) is 34.1. The van der Waals surface area contributed by atoms with E-state index in [1.807, 2.05) is 0 Å². The average Bonchev–Trinajstić information content (AvgIpc) is 3.26. The number of nitrogens with zero attached hydrogens (tertiary/aromatic N) is 6. The van der Waals surface area contributed by atoms with Crippen molar-refractivity contribution >= 4 is 41.5 Å². The van der Waals surface area contributed by atoms with E-state index in [0.717, 1.165) is 35.5 Å². The molecule has 0 saturated carbocycles. The van der Waals surface area contributed by atoms with E-state index in [1.54, 1.807) is 0 Å². The van der Waals surface area contributed by atoms with Gasteiger partial charge in [-0.1, -0.05) is 24.6 Å². The van der Waals surface area contributed by atoms with Crippen molar-refractivity contribution in [3.63, 3.8) is 0 Å². The van der Waals surface area contributed by atoms with E-state index in [9.17, 15) is 63.9 Å². The molecule has 0 bridgehead atoms. The van der Waals surface area contributed by atoms with Crippen LogP contribution in [0.3, 0.4) is 0 Å². The summed E-state index contributed by atoms with van der Waals surface area (Å²) in [5.41, 5.74) is 1.45. The quantitative estimate of drug-likeness (QED) is 0.0381. The number of pyridine rings is 3. The lowest BCUT2D eigenvalue weighted by atomic mass is 10.0. The van der Waals surface area contributed by atoms with Gasteiger partial charge in [-0.2, -0.15) is 0 Å². The molecule has 3 aromatic heterocycles. The highest BCUT2D eigenvalue weighted by Crippen LogP contribution is 2.17. The van der Waals surface area contributed by atoms with E-state index in [1.165, 1.54) is 41.3 Å². The number of hydrogen-bond acceptors (Lipinski definition) is 15. The predicted octanol–water partition coefficient (Wildman–Crippen LogP) is -1.91. The lowest BCUT2D eigenvalue weighted by Gasteiger charge is -2.32. The Labute approximate surface area is 358 Å². The van der Waals surface area contributed by atoms with Crippen LogP contribution in [0.5, 0.6) is 0 Å². The third-order valence-corrected chi connectivity index (χ3v) is 9.76. The first-order valence-corrected chi connectivity index (χ1v) is 20.0. The van der Waals surface area contributed by atoms with Gasteiger partial charge >= 0.3 is 0 Å². The van der Waals surface area contributed by atoms with Gasteiger partial charge in [-0.3, -0.25) is 48.1 Å². The van der Waals surface area contributed by atoms with Crippen molar-refractivity contribution in [2.24, 2.45) is 10.7 Å². The molecule has 0 aliphatic carbocycles. The first-order chi connectivity index (χ1) is 30.2. The van der Waals surface area contributed by atoms with Crippen LogP contribution in [-0.2, 0) is 14.4 Å². The monoisotopic (exact) mass is 878 g/mol. The van der Waals surface area contributed by atoms with Crippen molar-refractivity contribution in [1.82, 2.24) is 39.9 Å². The molecule has 3 aromatic rings. The van der Waals surface area contributed by atoms with Crippen LogP contribution in [0.15, 0.2) is 85.7 Å². The van der Waals surface area contributed by atoms with Crippen molar-refractivity contribution in [2.75, 3.05) is 45.8 Å². The molecule has 2 atom stereocenters. The van der Waals surface area contributed by atoms with Crippen LogP contribution in [0.2, 0.25) is 0 Å². The molecule has 1 aliphatic rings. The van der Waals surface area contributed by atoms with Crippen molar-refractivity contribution in [2.45, 2.75) is 57.1 Å². The Morgan fingerprint density at radius 1 is 0.651 bits per heavy atom. The summed E-state index contributed by atoms with van der Waals surface area (Å²) in [7, 11) is 0. The van der Waals surface area contributed by atoms with Gasteiger partial charge in [-0.05, 0) is 63.3 Å². The number of carbonyl (C=O) groups is 6. The standard InChI is InChI=1S/C40H50N10O13/c41-17-2-1-3-18-43-36(56)27(47(40(60)30-12-6-16-34(54)50(30)63)23-9-20-45-38(58)29-11-5-15-33(53)49(29)62)13-7-21-46(39(59)26-24-42-25-31(51)35(26)55)22-8-19-44-37(57)28-10-4-14-32(52)48(28)61/h4-6,10-12,14-16,24-25,27,35,55,61-63H,1-3,7-9,13,17-23,41H2,(H,43,56)(H,44,57)(H,45,58). The number of ketones is 1. The SMILES string of the molecule is NCCCCCNC(=O)C(CCCN(CCCNC(=O)c1cccc(=O)n1O)C(=O)C1=CN=CC(=O)C1O)N(CCCNC(=O)c1cccc(=O)n1O)C(=O)c1cccc(=O)n1O. The number of unbranched alkanes of at least 4 members (excludes halogenated alkanes) is 2. The second kappa shape index (κ2) is 23.6. The Balaban J connectivity index is 1.58. The summed E-state index contributed by atoms with van der Waals surface area (Å²) in [6.07, 6.45) is 1.90. The largest absolute Gasteiger partial charge is 0.425 e. The first kappa shape index (κ1) is 48.3. The molecule has 9 N–H and O–H groups in total. The van der Waals surface area contributed by atoms with Crippen molar-refractivity contribution in [1.29, 1.82) is 0 Å². The molecule has 23 heteroatoms. The van der Waals surface area contributed by atoms with Gasteiger partial charge in [-0.25, -0.2) is 0 Å². The number of amides is 5. The lowest BCUT2D eigenvalue weighted by Crippen LogP contribution is -2.51. The molecule has 4 rings (SSSR count). The topological polar surface area (TPSA) is 330 Å². The number of aromatic nitrogens is 3. The number of aliphatic imine (C=N–C) groups is 1. The van der Waals surface area contributed by atoms with Crippen LogP contribution in [0.1, 0.15) is 76.4 Å². The smallest absolute Gasteiger partial charge is 0.283 e. The van der Waals surface area contributed by atoms with E-state index in [2.05, 4.69) is 20.9 Å². The minimum absolute atomic E-state index is 0.00593. The van der Waals surface area contributed by atoms with Crippen molar-refractivity contribution in [3.8, 4) is 0 Å². The molecule has 0 radical (unpaired) electrons. The maximum Gasteiger partial charge on any atom is 0.283 e. The van der Waals surface area contributed by atoms with E-state index >= 15 is 0 Å². The van der Waals surface area contributed by atoms with Crippen LogP contribution >= 0.6 is 0 Å². The molecule has 0 aromatic carbocycles. The van der Waals surface area contributed by atoms with Gasteiger partial charge in [0.25, 0.3) is 40.3 Å². The molecule has 63 heavy (non-hydrogen) atoms. The van der Waals surface area contributed by atoms with Crippen molar-refractivity contribution < 1.29 is 49.5 Å². The lowest BCUT2D eigenvalue weighted by molar-refractivity contribution is -0.131. The highest BCUT2D eigenvalue weighted by molar-refractivity contribution is 6.32. The number of hydrogen-bond donors (Lipinski definition) is 8. The second-order valence-electron chi connectivity index (χ2n) is 14.2. The summed E-state index contributed by atoms with van der Waals surface area (Å²) >= 11 is 0. The molecule has 2 unspecified atom stereocenters. The van der Waals surface area contributed by atoms with Gasteiger partial charge < -0.3 is 52.2 Å². The predicted molar refractivity (Wildman–Crippen MR) is 222 cm³/mol. The van der Waals surface area contributed by atoms with E-state index in [0.29, 0.717) is 25.8 Å². The Morgan fingerprint density at radius 3 is 1.73 bits per heavy atom. The van der Waals surface area contributed by atoms with Crippen LogP contribution in [0.4, 0.5) is 0 Å². The molecular formula is C40H50N10O13. The fourth-order valence-corrected chi connectivity index (χ4v) is 6.44. The molecule has 1 aliphatic heterocycles. The van der Waals surface area contributed by atoms with Gasteiger partial charge in [0.1, 0.15) is 29.2 Å². The average molecular weight is 879 g/mol. The van der Waals surface area contributed by atoms with Gasteiger partial charge in [0.15, 0.2) is 0 Å². The van der Waals surface area contributed by atoms with Gasteiger partial charge in [-0.15, -0.1) is 14.2 Å². The second-order valence-corrected chi connectivity index (χ2v) is 14.2. The molecule has 23 nitrogen and oxygen atoms in total. The maximum absolute atomic E-state index is 14.2. The highest BCUT2D eigenvalue weighted by Gasteiger charge is 2.33. The first-order valence-electron chi connectivity index (χ1n) is 20.0. The summed E-state index contributed by atoms with van der Waals surface area (Å²) in [5, 5.41) is 48.9. The zero-order valence-corrected chi connectivity index (χ0v) is 34.1. The maximum atomic E-state index is 14.2. The normalized spacial score (nSPS) is 13.7. The summed E-state index contributed by atoms with van der Waals surface area (Å²) in [5.74, 6) is -4.82. The van der Waals surface area contributed by atoms with Crippen LogP contribution in [0, 0.1) is 0 Å². The summed E-state index contributed by atoms with van der Waals surface area (Å²) in [4.78, 5) is 122. The molecule has 4 heterocycles. The minimum atomic E-state index is -1.82. The number of carbonyl (C=O) groups excluding carboxylic acids is 6. The third-order valence-electron chi connectivity index (χ3n) is 9.76. The van der Waals surface area contributed by atoms with Crippen molar-refractivity contribution in [3.05, 3.63) is 115 Å². The molecule has 0 spiro atoms. The van der Waals surface area contributed by atoms with Crippen LogP contribution in [-0.4, -0.2) is 144 Å². The van der Waals surface area contributed by atoms with Gasteiger partial charge in [0, 0.05) is 63.7 Å². The minimum Gasteiger partial charge on any atom is -0.425 e. The molecule has 0 fully saturated rings. The van der Waals surface area contributed by atoms with Gasteiger partial charge in [0.05, 0.1) is 11.8 Å². The summed E-state index contributed by atoms with van der Waals surface area (Å²) < 4.78 is 0.460. The van der Waals surface area contributed by atoms with E-state index in [4.69, 9.17) is 5.73 Å². The van der Waals surface area contributed by atoms with E-state index in [-0.39, 0.29) is 96.1 Å². The number of nitrogens with one attached hydrogen (secondary N) is 3. The van der Waals surface area contributed by atoms with Gasteiger partial charge in [0.2, 0.25) is 11.7 Å². The number of aliphatic hydroxyl groups is 1. The van der Waals surface area contributed by atoms with E-state index < -0.39 is 69.8 Å². The Bertz CT molecular complexity index is 2390. The summed E-state index contributed by atoms with van der Waals surface area (Å²) in [6, 6.07) is 9.16. The molecule has 5 amide bonds. The molecule has 0 saturated heterocycles. The fourth-order valence-electron chi connectivity index (χ4n) is 6.44. The highest BCUT2D eigenvalue weighted by atomic mass is 16.5. The number of Topliss-reactive ketones (excluding diaryl/α,β-unsaturated/α-hetero) is 1. The molecule has 338 valence electrons. The Kier molecular flexibility index (Phi) is 18.0. The Morgan fingerprint density at radius 2 is 1.16 bits per heavy atom. The third kappa shape index (κ3) is 13.0. The molecular weight excluding hydrogens is 828 g/mol. The van der Waals surface area contributed by atoms with Crippen LogP contribution < -0.4 is 38.4 Å². The van der Waals surface area contributed by atoms with Crippen LogP contribution in [0.25, 0.3) is 0 Å². The number of aliphatic hydroxyl groups excluding tert-OH is 1. The summed E-state index contributed by atoms with van der Waals surface area (Å²) in [6.45, 7) is -0.0701. The number of rotatable bonds is 23. The zero-order chi connectivity index (χ0) is 46.1. The number of nitrogens with two attached hydrogens (primary N) is 1. The fraction of sp³-hybridized carbons (Fsp3) is 0.400.